The van der Waals surface area contributed by atoms with Crippen molar-refractivity contribution in [2.75, 3.05) is 18.0 Å². The van der Waals surface area contributed by atoms with Crippen LogP contribution < -0.4 is 9.64 Å². The summed E-state index contributed by atoms with van der Waals surface area (Å²) in [6, 6.07) is 16.8. The second-order valence-electron chi connectivity index (χ2n) is 6.54. The average Bonchev–Trinajstić information content (AvgIpc) is 2.68. The van der Waals surface area contributed by atoms with Gasteiger partial charge in [-0.3, -0.25) is 5.41 Å². The minimum Gasteiger partial charge on any atom is -0.442 e. The third-order valence-electron chi connectivity index (χ3n) is 5.18. The van der Waals surface area contributed by atoms with E-state index >= 15 is 0 Å². The quantitative estimate of drug-likeness (QED) is 0.850. The molecule has 1 N–H and O–H groups in total. The van der Waals surface area contributed by atoms with Crippen molar-refractivity contribution in [1.29, 1.82) is 10.7 Å². The van der Waals surface area contributed by atoms with E-state index in [0.29, 0.717) is 5.75 Å². The van der Waals surface area contributed by atoms with E-state index in [9.17, 15) is 5.26 Å². The van der Waals surface area contributed by atoms with Gasteiger partial charge in [-0.25, -0.2) is 0 Å². The minimum atomic E-state index is -0.603. The molecule has 1 heterocycles. The van der Waals surface area contributed by atoms with Crippen molar-refractivity contribution in [3.05, 3.63) is 59.2 Å². The molecular formula is C22H25N3O. The van der Waals surface area contributed by atoms with Crippen molar-refractivity contribution in [3.8, 4) is 11.8 Å². The molecule has 0 aromatic heterocycles. The van der Waals surface area contributed by atoms with Crippen molar-refractivity contribution < 1.29 is 4.74 Å². The Morgan fingerprint density at radius 1 is 1.08 bits per heavy atom. The highest BCUT2D eigenvalue weighted by atomic mass is 16.5. The topological polar surface area (TPSA) is 60.1 Å². The number of hydrogen-bond acceptors (Lipinski definition) is 4. The summed E-state index contributed by atoms with van der Waals surface area (Å²) in [5.74, 6) is -0.0566. The second kappa shape index (κ2) is 7.61. The van der Waals surface area contributed by atoms with E-state index in [1.165, 1.54) is 5.56 Å². The first-order chi connectivity index (χ1) is 12.6. The summed E-state index contributed by atoms with van der Waals surface area (Å²) in [6.45, 7) is 8.19. The zero-order chi connectivity index (χ0) is 18.7. The van der Waals surface area contributed by atoms with Crippen LogP contribution in [0.15, 0.2) is 42.5 Å². The summed E-state index contributed by atoms with van der Waals surface area (Å²) in [7, 11) is 0. The molecule has 0 aliphatic carbocycles. The number of rotatable bonds is 5. The highest BCUT2D eigenvalue weighted by Gasteiger charge is 2.37. The molecule has 2 aromatic rings. The summed E-state index contributed by atoms with van der Waals surface area (Å²) >= 11 is 0. The third kappa shape index (κ3) is 3.17. The maximum atomic E-state index is 9.66. The fourth-order valence-corrected chi connectivity index (χ4v) is 3.63. The molecule has 4 nitrogen and oxygen atoms in total. The average molecular weight is 347 g/mol. The summed E-state index contributed by atoms with van der Waals surface area (Å²) < 4.78 is 5.75. The van der Waals surface area contributed by atoms with Gasteiger partial charge in [-0.05, 0) is 37.5 Å². The lowest BCUT2D eigenvalue weighted by molar-refractivity contribution is 0.450. The van der Waals surface area contributed by atoms with Gasteiger partial charge in [0.1, 0.15) is 11.7 Å². The van der Waals surface area contributed by atoms with E-state index in [4.69, 9.17) is 10.1 Å². The van der Waals surface area contributed by atoms with Crippen LogP contribution in [0.4, 0.5) is 5.69 Å². The normalized spacial score (nSPS) is 18.6. The van der Waals surface area contributed by atoms with Crippen LogP contribution in [0.25, 0.3) is 0 Å². The molecule has 0 fully saturated rings. The standard InChI is InChI=1S/C22H25N3O/c1-4-15-7-9-16(10-8-15)21-18-12-11-17(25(5-2)6-3)13-20(18)26-22(24)19(21)14-23/h7-13,19,21,24H,4-6H2,1-3H3. The van der Waals surface area contributed by atoms with Crippen LogP contribution in [0.5, 0.6) is 5.75 Å². The van der Waals surface area contributed by atoms with Crippen LogP contribution in [0.3, 0.4) is 0 Å². The Hall–Kier alpha value is -2.80. The van der Waals surface area contributed by atoms with E-state index in [1.54, 1.807) is 0 Å². The predicted octanol–water partition coefficient (Wildman–Crippen LogP) is 4.74. The van der Waals surface area contributed by atoms with Crippen molar-refractivity contribution in [2.45, 2.75) is 33.1 Å². The number of nitrogens with zero attached hydrogens (tertiary/aromatic N) is 2. The lowest BCUT2D eigenvalue weighted by atomic mass is 9.79. The maximum Gasteiger partial charge on any atom is 0.205 e. The molecule has 0 spiro atoms. The number of benzene rings is 2. The number of nitrogens with one attached hydrogen (secondary N) is 1. The molecule has 1 aliphatic rings. The predicted molar refractivity (Wildman–Crippen MR) is 105 cm³/mol. The van der Waals surface area contributed by atoms with Gasteiger partial charge in [-0.2, -0.15) is 5.26 Å². The van der Waals surface area contributed by atoms with Crippen molar-refractivity contribution in [3.63, 3.8) is 0 Å². The number of aryl methyl sites for hydroxylation is 1. The molecule has 0 saturated carbocycles. The molecule has 134 valence electrons. The molecule has 26 heavy (non-hydrogen) atoms. The highest BCUT2D eigenvalue weighted by molar-refractivity contribution is 5.85. The Labute approximate surface area is 155 Å². The molecule has 2 aromatic carbocycles. The molecule has 4 heteroatoms. The van der Waals surface area contributed by atoms with Gasteiger partial charge in [0.15, 0.2) is 0 Å². The number of anilines is 1. The van der Waals surface area contributed by atoms with Gasteiger partial charge in [0.25, 0.3) is 0 Å². The fourth-order valence-electron chi connectivity index (χ4n) is 3.63. The van der Waals surface area contributed by atoms with Gasteiger partial charge in [-0.1, -0.05) is 37.3 Å². The lowest BCUT2D eigenvalue weighted by Gasteiger charge is -2.32. The summed E-state index contributed by atoms with van der Waals surface area (Å²) in [4.78, 5) is 2.24. The Bertz CT molecular complexity index is 831. The zero-order valence-corrected chi connectivity index (χ0v) is 15.6. The first kappa shape index (κ1) is 18.0. The molecule has 1 aliphatic heterocycles. The Kier molecular flexibility index (Phi) is 5.27. The third-order valence-corrected chi connectivity index (χ3v) is 5.18. The molecule has 0 amide bonds. The molecular weight excluding hydrogens is 322 g/mol. The lowest BCUT2D eigenvalue weighted by Crippen LogP contribution is -2.31. The first-order valence-electron chi connectivity index (χ1n) is 9.26. The van der Waals surface area contributed by atoms with Crippen LogP contribution in [-0.4, -0.2) is 19.0 Å². The monoisotopic (exact) mass is 347 g/mol. The van der Waals surface area contributed by atoms with Crippen molar-refractivity contribution >= 4 is 11.6 Å². The summed E-state index contributed by atoms with van der Waals surface area (Å²) in [6.07, 6.45) is 0.982. The summed E-state index contributed by atoms with van der Waals surface area (Å²) in [5, 5.41) is 17.9. The van der Waals surface area contributed by atoms with Gasteiger partial charge in [0.05, 0.1) is 6.07 Å². The molecule has 0 bridgehead atoms. The fraction of sp³-hybridized carbons (Fsp3) is 0.364. The SMILES string of the molecule is CCc1ccc(C2c3ccc(N(CC)CC)cc3OC(=N)C2C#N)cc1. The van der Waals surface area contributed by atoms with E-state index in [1.807, 2.05) is 6.07 Å². The van der Waals surface area contributed by atoms with Crippen LogP contribution in [0.1, 0.15) is 43.4 Å². The van der Waals surface area contributed by atoms with E-state index < -0.39 is 5.92 Å². The highest BCUT2D eigenvalue weighted by Crippen LogP contribution is 2.43. The Balaban J connectivity index is 2.08. The zero-order valence-electron chi connectivity index (χ0n) is 15.6. The summed E-state index contributed by atoms with van der Waals surface area (Å²) in [5.41, 5.74) is 4.38. The van der Waals surface area contributed by atoms with Crippen molar-refractivity contribution in [2.24, 2.45) is 5.92 Å². The van der Waals surface area contributed by atoms with Gasteiger partial charge >= 0.3 is 0 Å². The maximum absolute atomic E-state index is 9.66. The molecule has 3 rings (SSSR count). The number of hydrogen-bond donors (Lipinski definition) is 1. The van der Waals surface area contributed by atoms with Crippen LogP contribution in [0.2, 0.25) is 0 Å². The van der Waals surface area contributed by atoms with Crippen molar-refractivity contribution in [1.82, 2.24) is 0 Å². The van der Waals surface area contributed by atoms with E-state index in [2.05, 4.69) is 68.1 Å². The van der Waals surface area contributed by atoms with Gasteiger partial charge in [0, 0.05) is 36.3 Å². The van der Waals surface area contributed by atoms with E-state index in [0.717, 1.165) is 36.3 Å². The van der Waals surface area contributed by atoms with Crippen LogP contribution in [-0.2, 0) is 6.42 Å². The minimum absolute atomic E-state index is 0.0289. The largest absolute Gasteiger partial charge is 0.442 e. The van der Waals surface area contributed by atoms with Crippen LogP contribution in [0, 0.1) is 22.7 Å². The van der Waals surface area contributed by atoms with Crippen LogP contribution >= 0.6 is 0 Å². The van der Waals surface area contributed by atoms with Gasteiger partial charge in [-0.15, -0.1) is 0 Å². The molecule has 2 atom stereocenters. The van der Waals surface area contributed by atoms with Gasteiger partial charge < -0.3 is 9.64 Å². The number of ether oxygens (including phenoxy) is 1. The number of nitriles is 1. The number of fused-ring (bicyclic) bond motifs is 1. The van der Waals surface area contributed by atoms with Gasteiger partial charge in [0.2, 0.25) is 5.90 Å². The Morgan fingerprint density at radius 3 is 2.35 bits per heavy atom. The first-order valence-corrected chi connectivity index (χ1v) is 9.26. The Morgan fingerprint density at radius 2 is 1.77 bits per heavy atom. The molecule has 0 saturated heterocycles. The molecule has 0 radical (unpaired) electrons. The smallest absolute Gasteiger partial charge is 0.205 e. The van der Waals surface area contributed by atoms with E-state index in [-0.39, 0.29) is 11.8 Å². The second-order valence-corrected chi connectivity index (χ2v) is 6.54. The molecule has 2 unspecified atom stereocenters.